The average molecular weight is 583 g/mol. The summed E-state index contributed by atoms with van der Waals surface area (Å²) >= 11 is 6.73. The maximum Gasteiger partial charge on any atom is 0.255 e. The van der Waals surface area contributed by atoms with E-state index in [0.29, 0.717) is 25.9 Å². The molecule has 1 aliphatic rings. The number of benzene rings is 1. The molecule has 0 bridgehead atoms. The summed E-state index contributed by atoms with van der Waals surface area (Å²) in [5.41, 5.74) is 0.781. The van der Waals surface area contributed by atoms with Crippen molar-refractivity contribution < 1.29 is 9.90 Å². The van der Waals surface area contributed by atoms with Gasteiger partial charge in [-0.3, -0.25) is 4.79 Å². The molecule has 2 rings (SSSR count). The number of hydrogen-bond donors (Lipinski definition) is 1. The Morgan fingerprint density at radius 2 is 1.83 bits per heavy atom. The lowest BCUT2D eigenvalue weighted by molar-refractivity contribution is 0.0545. The molecule has 0 saturated carbocycles. The molecule has 6 heteroatoms. The van der Waals surface area contributed by atoms with Gasteiger partial charge in [-0.1, -0.05) is 0 Å². The van der Waals surface area contributed by atoms with Gasteiger partial charge < -0.3 is 10.0 Å². The van der Waals surface area contributed by atoms with Crippen LogP contribution in [0.15, 0.2) is 12.1 Å². The highest BCUT2D eigenvalue weighted by atomic mass is 127. The summed E-state index contributed by atoms with van der Waals surface area (Å²) in [5.74, 6) is 0.0859. The lowest BCUT2D eigenvalue weighted by atomic mass is 10.1. The number of amides is 1. The number of piperidine rings is 1. The summed E-state index contributed by atoms with van der Waals surface area (Å²) in [6.07, 6.45) is 1.12. The number of hydrogen-bond acceptors (Lipinski definition) is 2. The largest absolute Gasteiger partial charge is 0.393 e. The Bertz CT molecular complexity index is 471. The number of likely N-dealkylation sites (tertiary alicyclic amines) is 1. The van der Waals surface area contributed by atoms with Crippen LogP contribution >= 0.6 is 67.8 Å². The van der Waals surface area contributed by atoms with Crippen molar-refractivity contribution in [1.29, 1.82) is 0 Å². The number of carbonyl (C=O) groups is 1. The highest BCUT2D eigenvalue weighted by molar-refractivity contribution is 14.1. The molecule has 98 valence electrons. The molecule has 3 nitrogen and oxygen atoms in total. The number of aliphatic hydroxyl groups excluding tert-OH is 1. The Morgan fingerprint density at radius 1 is 1.22 bits per heavy atom. The van der Waals surface area contributed by atoms with Crippen LogP contribution in [0, 0.1) is 10.7 Å². The molecule has 1 fully saturated rings. The van der Waals surface area contributed by atoms with Crippen LogP contribution < -0.4 is 0 Å². The summed E-state index contributed by atoms with van der Waals surface area (Å²) in [7, 11) is 0. The summed E-state index contributed by atoms with van der Waals surface area (Å²) in [5, 5.41) is 9.48. The normalized spacial score (nSPS) is 17.0. The number of nitrogens with zero attached hydrogens (tertiary/aromatic N) is 1. The van der Waals surface area contributed by atoms with Gasteiger partial charge in [0.2, 0.25) is 0 Å². The first-order valence-electron chi connectivity index (χ1n) is 5.61. The molecule has 1 heterocycles. The summed E-state index contributed by atoms with van der Waals surface area (Å²) in [6.45, 7) is 1.30. The van der Waals surface area contributed by atoms with Gasteiger partial charge in [0, 0.05) is 23.8 Å². The zero-order valence-corrected chi connectivity index (χ0v) is 16.0. The molecule has 1 aromatic carbocycles. The summed E-state index contributed by atoms with van der Waals surface area (Å²) < 4.78 is 3.21. The van der Waals surface area contributed by atoms with Crippen molar-refractivity contribution in [2.45, 2.75) is 18.9 Å². The van der Waals surface area contributed by atoms with Gasteiger partial charge >= 0.3 is 0 Å². The first-order valence-corrected chi connectivity index (χ1v) is 8.84. The zero-order chi connectivity index (χ0) is 13.3. The maximum atomic E-state index is 12.5. The van der Waals surface area contributed by atoms with E-state index < -0.39 is 0 Å². The second-order valence-corrected chi connectivity index (χ2v) is 7.76. The fourth-order valence-corrected chi connectivity index (χ4v) is 4.34. The predicted molar refractivity (Wildman–Crippen MR) is 95.7 cm³/mol. The molecule has 18 heavy (non-hydrogen) atoms. The van der Waals surface area contributed by atoms with Gasteiger partial charge in [0.25, 0.3) is 5.91 Å². The van der Waals surface area contributed by atoms with Crippen LogP contribution in [-0.2, 0) is 0 Å². The van der Waals surface area contributed by atoms with Gasteiger partial charge in [-0.05, 0) is 92.7 Å². The minimum atomic E-state index is -0.246. The second kappa shape index (κ2) is 6.53. The smallest absolute Gasteiger partial charge is 0.255 e. The Balaban J connectivity index is 2.23. The van der Waals surface area contributed by atoms with Crippen molar-refractivity contribution >= 4 is 73.7 Å². The quantitative estimate of drug-likeness (QED) is 0.409. The Hall–Kier alpha value is 0.840. The number of halogens is 3. The standard InChI is InChI=1S/C12H12I3NO2/c13-7-5-9(11(15)10(14)6-7)12(18)16-3-1-8(17)2-4-16/h5-6,8,17H,1-4H2. The highest BCUT2D eigenvalue weighted by Gasteiger charge is 2.24. The van der Waals surface area contributed by atoms with Crippen LogP contribution in [0.4, 0.5) is 0 Å². The van der Waals surface area contributed by atoms with Gasteiger partial charge in [-0.2, -0.15) is 0 Å². The minimum Gasteiger partial charge on any atom is -0.393 e. The van der Waals surface area contributed by atoms with Gasteiger partial charge in [-0.25, -0.2) is 0 Å². The minimum absolute atomic E-state index is 0.0859. The Labute approximate surface area is 147 Å². The zero-order valence-electron chi connectivity index (χ0n) is 9.50. The fourth-order valence-electron chi connectivity index (χ4n) is 1.95. The Morgan fingerprint density at radius 3 is 2.44 bits per heavy atom. The highest BCUT2D eigenvalue weighted by Crippen LogP contribution is 2.25. The van der Waals surface area contributed by atoms with Gasteiger partial charge in [0.05, 0.1) is 11.7 Å². The Kier molecular flexibility index (Phi) is 5.52. The number of rotatable bonds is 1. The van der Waals surface area contributed by atoms with Crippen molar-refractivity contribution in [3.63, 3.8) is 0 Å². The van der Waals surface area contributed by atoms with Crippen molar-refractivity contribution in [3.8, 4) is 0 Å². The third-order valence-electron chi connectivity index (χ3n) is 2.98. The molecule has 1 amide bonds. The first-order chi connectivity index (χ1) is 8.49. The monoisotopic (exact) mass is 583 g/mol. The molecule has 1 N–H and O–H groups in total. The van der Waals surface area contributed by atoms with Crippen LogP contribution in [0.5, 0.6) is 0 Å². The number of aliphatic hydroxyl groups is 1. The molecule has 1 aliphatic heterocycles. The third-order valence-corrected chi connectivity index (χ3v) is 6.64. The van der Waals surface area contributed by atoms with E-state index in [4.69, 9.17) is 0 Å². The molecular weight excluding hydrogens is 571 g/mol. The molecule has 0 spiro atoms. The molecule has 0 unspecified atom stereocenters. The molecule has 0 radical (unpaired) electrons. The van der Waals surface area contributed by atoms with Gasteiger partial charge in [0.15, 0.2) is 0 Å². The van der Waals surface area contributed by atoms with Crippen LogP contribution in [0.25, 0.3) is 0 Å². The van der Waals surface area contributed by atoms with Gasteiger partial charge in [0.1, 0.15) is 0 Å². The predicted octanol–water partition coefficient (Wildman–Crippen LogP) is 3.10. The third kappa shape index (κ3) is 3.48. The van der Waals surface area contributed by atoms with E-state index >= 15 is 0 Å². The second-order valence-electron chi connectivity index (χ2n) is 4.27. The van der Waals surface area contributed by atoms with E-state index in [0.717, 1.165) is 16.3 Å². The summed E-state index contributed by atoms with van der Waals surface area (Å²) in [6, 6.07) is 4.01. The first kappa shape index (κ1) is 15.2. The SMILES string of the molecule is O=C(c1cc(I)cc(I)c1I)N1CCC(O)CC1. The fraction of sp³-hybridized carbons (Fsp3) is 0.417. The van der Waals surface area contributed by atoms with Crippen LogP contribution in [0.1, 0.15) is 23.2 Å². The van der Waals surface area contributed by atoms with Crippen molar-refractivity contribution in [3.05, 3.63) is 28.4 Å². The van der Waals surface area contributed by atoms with Gasteiger partial charge in [-0.15, -0.1) is 0 Å². The molecule has 0 aromatic heterocycles. The topological polar surface area (TPSA) is 40.5 Å². The van der Waals surface area contributed by atoms with Crippen LogP contribution in [0.2, 0.25) is 0 Å². The van der Waals surface area contributed by atoms with Crippen molar-refractivity contribution in [1.82, 2.24) is 4.90 Å². The van der Waals surface area contributed by atoms with E-state index in [1.807, 2.05) is 11.0 Å². The van der Waals surface area contributed by atoms with E-state index in [9.17, 15) is 9.90 Å². The van der Waals surface area contributed by atoms with Crippen molar-refractivity contribution in [2.24, 2.45) is 0 Å². The molecule has 1 saturated heterocycles. The van der Waals surface area contributed by atoms with Crippen LogP contribution in [-0.4, -0.2) is 35.1 Å². The molecular formula is C12H12I3NO2. The van der Waals surface area contributed by atoms with E-state index in [1.54, 1.807) is 0 Å². The van der Waals surface area contributed by atoms with E-state index in [-0.39, 0.29) is 12.0 Å². The maximum absolute atomic E-state index is 12.5. The average Bonchev–Trinajstić information content (AvgIpc) is 2.34. The lowest BCUT2D eigenvalue weighted by Gasteiger charge is -2.30. The van der Waals surface area contributed by atoms with E-state index in [2.05, 4.69) is 73.8 Å². The molecule has 1 aromatic rings. The van der Waals surface area contributed by atoms with Crippen molar-refractivity contribution in [2.75, 3.05) is 13.1 Å². The van der Waals surface area contributed by atoms with E-state index in [1.165, 1.54) is 0 Å². The molecule has 0 atom stereocenters. The lowest BCUT2D eigenvalue weighted by Crippen LogP contribution is -2.40. The number of carbonyl (C=O) groups excluding carboxylic acids is 1. The summed E-state index contributed by atoms with van der Waals surface area (Å²) in [4.78, 5) is 14.3. The van der Waals surface area contributed by atoms with Crippen LogP contribution in [0.3, 0.4) is 0 Å². The molecule has 0 aliphatic carbocycles.